The summed E-state index contributed by atoms with van der Waals surface area (Å²) in [7, 11) is -2.49. The first kappa shape index (κ1) is 20.8. The molecule has 1 heterocycles. The lowest BCUT2D eigenvalue weighted by molar-refractivity contribution is -0.126. The Bertz CT molecular complexity index is 947. The second kappa shape index (κ2) is 8.94. The smallest absolute Gasteiger partial charge is 0.262 e. The predicted octanol–water partition coefficient (Wildman–Crippen LogP) is 1.85. The maximum absolute atomic E-state index is 12.4. The van der Waals surface area contributed by atoms with E-state index in [2.05, 4.69) is 10.9 Å². The number of rotatable bonds is 6. The Hall–Kier alpha value is -2.49. The maximum atomic E-state index is 12.4. The van der Waals surface area contributed by atoms with E-state index in [1.54, 1.807) is 18.2 Å². The number of benzene rings is 1. The molecule has 0 atom stereocenters. The molecule has 0 saturated carbocycles. The van der Waals surface area contributed by atoms with Gasteiger partial charge in [-0.1, -0.05) is 17.7 Å². The van der Waals surface area contributed by atoms with Gasteiger partial charge in [-0.15, -0.1) is 11.3 Å². The quantitative estimate of drug-likeness (QED) is 0.564. The highest BCUT2D eigenvalue weighted by molar-refractivity contribution is 7.89. The second-order valence-electron chi connectivity index (χ2n) is 5.91. The van der Waals surface area contributed by atoms with Gasteiger partial charge in [0.25, 0.3) is 11.8 Å². The zero-order valence-corrected chi connectivity index (χ0v) is 16.9. The number of carbonyl (C=O) groups excluding carboxylic acids is 2. The third kappa shape index (κ3) is 5.75. The first-order valence-corrected chi connectivity index (χ1v) is 10.4. The second-order valence-corrected chi connectivity index (χ2v) is 8.91. The van der Waals surface area contributed by atoms with Gasteiger partial charge in [0, 0.05) is 18.0 Å². The first-order valence-electron chi connectivity index (χ1n) is 8.04. The van der Waals surface area contributed by atoms with Gasteiger partial charge in [0.15, 0.2) is 0 Å². The molecule has 0 fully saturated rings. The van der Waals surface area contributed by atoms with E-state index >= 15 is 0 Å². The third-order valence-electron chi connectivity index (χ3n) is 3.71. The summed E-state index contributed by atoms with van der Waals surface area (Å²) in [6.07, 6.45) is 2.95. The molecule has 0 aliphatic carbocycles. The molecule has 7 nitrogen and oxygen atoms in total. The van der Waals surface area contributed by atoms with Crippen molar-refractivity contribution in [2.24, 2.45) is 0 Å². The number of nitrogens with zero attached hydrogens (tertiary/aromatic N) is 1. The number of aryl methyl sites for hydroxylation is 2. The van der Waals surface area contributed by atoms with Crippen LogP contribution in [0, 0.1) is 13.8 Å². The van der Waals surface area contributed by atoms with E-state index in [-0.39, 0.29) is 4.90 Å². The average molecular weight is 408 g/mol. The van der Waals surface area contributed by atoms with E-state index < -0.39 is 28.4 Å². The molecular formula is C18H21N3O4S2. The average Bonchev–Trinajstić information content (AvgIpc) is 3.03. The molecule has 144 valence electrons. The maximum Gasteiger partial charge on any atom is 0.262 e. The SMILES string of the molecule is Cc1ccc(S(=O)(=O)N(C)CC(=O)NNC(=O)/C=C/c2sccc2C)cc1. The molecule has 0 spiro atoms. The summed E-state index contributed by atoms with van der Waals surface area (Å²) in [6, 6.07) is 8.27. The largest absolute Gasteiger partial charge is 0.272 e. The molecule has 0 bridgehead atoms. The summed E-state index contributed by atoms with van der Waals surface area (Å²) in [4.78, 5) is 24.7. The highest BCUT2D eigenvalue weighted by Gasteiger charge is 2.22. The molecule has 2 amide bonds. The van der Waals surface area contributed by atoms with Gasteiger partial charge < -0.3 is 0 Å². The third-order valence-corrected chi connectivity index (χ3v) is 6.51. The Balaban J connectivity index is 1.87. The van der Waals surface area contributed by atoms with Gasteiger partial charge in [0.2, 0.25) is 10.0 Å². The van der Waals surface area contributed by atoms with Crippen LogP contribution in [-0.4, -0.2) is 38.1 Å². The summed E-state index contributed by atoms with van der Waals surface area (Å²) < 4.78 is 25.8. The molecule has 0 aliphatic rings. The van der Waals surface area contributed by atoms with Crippen LogP contribution in [0.5, 0.6) is 0 Å². The minimum absolute atomic E-state index is 0.0988. The molecular weight excluding hydrogens is 386 g/mol. The molecule has 0 aliphatic heterocycles. The lowest BCUT2D eigenvalue weighted by Gasteiger charge is -2.17. The predicted molar refractivity (Wildman–Crippen MR) is 105 cm³/mol. The number of amides is 2. The molecule has 0 saturated heterocycles. The topological polar surface area (TPSA) is 95.6 Å². The number of hydrazine groups is 1. The number of likely N-dealkylation sites (N-methyl/N-ethyl adjacent to an activating group) is 1. The zero-order chi connectivity index (χ0) is 20.0. The Labute approximate surface area is 162 Å². The Morgan fingerprint density at radius 2 is 1.78 bits per heavy atom. The minimum Gasteiger partial charge on any atom is -0.272 e. The lowest BCUT2D eigenvalue weighted by Crippen LogP contribution is -2.46. The van der Waals surface area contributed by atoms with Gasteiger partial charge in [0.05, 0.1) is 11.4 Å². The van der Waals surface area contributed by atoms with Crippen LogP contribution in [0.25, 0.3) is 6.08 Å². The number of sulfonamides is 1. The molecule has 2 N–H and O–H groups in total. The van der Waals surface area contributed by atoms with Crippen LogP contribution in [0.1, 0.15) is 16.0 Å². The van der Waals surface area contributed by atoms with Crippen molar-refractivity contribution in [2.75, 3.05) is 13.6 Å². The number of nitrogens with one attached hydrogen (secondary N) is 2. The van der Waals surface area contributed by atoms with E-state index in [1.165, 1.54) is 36.6 Å². The summed E-state index contributed by atoms with van der Waals surface area (Å²) in [5.41, 5.74) is 6.41. The van der Waals surface area contributed by atoms with Gasteiger partial charge in [0.1, 0.15) is 0 Å². The van der Waals surface area contributed by atoms with Crippen molar-refractivity contribution in [3.05, 3.63) is 57.8 Å². The van der Waals surface area contributed by atoms with Crippen LogP contribution < -0.4 is 10.9 Å². The van der Waals surface area contributed by atoms with Crippen molar-refractivity contribution < 1.29 is 18.0 Å². The van der Waals surface area contributed by atoms with E-state index in [1.807, 2.05) is 25.3 Å². The molecule has 9 heteroatoms. The highest BCUT2D eigenvalue weighted by atomic mass is 32.2. The van der Waals surface area contributed by atoms with Crippen LogP contribution in [-0.2, 0) is 19.6 Å². The fraction of sp³-hybridized carbons (Fsp3) is 0.222. The van der Waals surface area contributed by atoms with E-state index in [9.17, 15) is 18.0 Å². The van der Waals surface area contributed by atoms with Gasteiger partial charge in [-0.05, 0) is 49.1 Å². The van der Waals surface area contributed by atoms with Gasteiger partial charge >= 0.3 is 0 Å². The number of hydrogen-bond acceptors (Lipinski definition) is 5. The molecule has 0 unspecified atom stereocenters. The van der Waals surface area contributed by atoms with E-state index in [0.717, 1.165) is 20.3 Å². The Morgan fingerprint density at radius 3 is 2.37 bits per heavy atom. The Kier molecular flexibility index (Phi) is 6.89. The molecule has 27 heavy (non-hydrogen) atoms. The first-order chi connectivity index (χ1) is 12.7. The van der Waals surface area contributed by atoms with Crippen LogP contribution >= 0.6 is 11.3 Å². The standard InChI is InChI=1S/C18H21N3O4S2/c1-13-4-6-15(7-5-13)27(24,25)21(3)12-18(23)20-19-17(22)9-8-16-14(2)10-11-26-16/h4-11H,12H2,1-3H3,(H,19,22)(H,20,23)/b9-8+. The summed E-state index contributed by atoms with van der Waals surface area (Å²) >= 11 is 1.50. The van der Waals surface area contributed by atoms with Crippen molar-refractivity contribution >= 4 is 39.3 Å². The van der Waals surface area contributed by atoms with Crippen molar-refractivity contribution in [3.63, 3.8) is 0 Å². The zero-order valence-electron chi connectivity index (χ0n) is 15.2. The highest BCUT2D eigenvalue weighted by Crippen LogP contribution is 2.17. The van der Waals surface area contributed by atoms with Crippen molar-refractivity contribution in [1.29, 1.82) is 0 Å². The van der Waals surface area contributed by atoms with Crippen LogP contribution in [0.15, 0.2) is 46.7 Å². The fourth-order valence-corrected chi connectivity index (χ4v) is 4.04. The normalized spacial score (nSPS) is 11.7. The Morgan fingerprint density at radius 1 is 1.11 bits per heavy atom. The molecule has 2 rings (SSSR count). The minimum atomic E-state index is -3.79. The van der Waals surface area contributed by atoms with Crippen LogP contribution in [0.4, 0.5) is 0 Å². The van der Waals surface area contributed by atoms with E-state index in [4.69, 9.17) is 0 Å². The van der Waals surface area contributed by atoms with Crippen molar-refractivity contribution in [1.82, 2.24) is 15.2 Å². The molecule has 1 aromatic carbocycles. The monoisotopic (exact) mass is 407 g/mol. The summed E-state index contributed by atoms with van der Waals surface area (Å²) in [6.45, 7) is 3.36. The fourth-order valence-electron chi connectivity index (χ4n) is 2.10. The lowest BCUT2D eigenvalue weighted by atomic mass is 10.2. The summed E-state index contributed by atoms with van der Waals surface area (Å²) in [5.74, 6) is -1.16. The number of thiophene rings is 1. The van der Waals surface area contributed by atoms with Crippen molar-refractivity contribution in [2.45, 2.75) is 18.7 Å². The van der Waals surface area contributed by atoms with Crippen LogP contribution in [0.3, 0.4) is 0 Å². The van der Waals surface area contributed by atoms with Gasteiger partial charge in [-0.3, -0.25) is 20.4 Å². The van der Waals surface area contributed by atoms with Crippen molar-refractivity contribution in [3.8, 4) is 0 Å². The van der Waals surface area contributed by atoms with Gasteiger partial charge in [-0.25, -0.2) is 8.42 Å². The van der Waals surface area contributed by atoms with Gasteiger partial charge in [-0.2, -0.15) is 4.31 Å². The molecule has 1 aromatic heterocycles. The summed E-state index contributed by atoms with van der Waals surface area (Å²) in [5, 5.41) is 1.92. The molecule has 2 aromatic rings. The van der Waals surface area contributed by atoms with E-state index in [0.29, 0.717) is 0 Å². The van der Waals surface area contributed by atoms with Crippen LogP contribution in [0.2, 0.25) is 0 Å². The number of carbonyl (C=O) groups is 2. The molecule has 0 radical (unpaired) electrons. The number of hydrogen-bond donors (Lipinski definition) is 2.